The van der Waals surface area contributed by atoms with Crippen molar-refractivity contribution in [2.24, 2.45) is 0 Å². The molecule has 6 heteroatoms. The van der Waals surface area contributed by atoms with Gasteiger partial charge in [-0.1, -0.05) is 12.1 Å². The van der Waals surface area contributed by atoms with Crippen LogP contribution in [-0.4, -0.2) is 25.2 Å². The van der Waals surface area contributed by atoms with Crippen LogP contribution in [0.25, 0.3) is 0 Å². The lowest BCUT2D eigenvalue weighted by Crippen LogP contribution is -2.10. The summed E-state index contributed by atoms with van der Waals surface area (Å²) < 4.78 is 24.3. The maximum atomic E-state index is 11.8. The molecule has 0 saturated heterocycles. The van der Waals surface area contributed by atoms with Crippen LogP contribution < -0.4 is 0 Å². The van der Waals surface area contributed by atoms with E-state index in [0.29, 0.717) is 3.57 Å². The van der Waals surface area contributed by atoms with E-state index in [9.17, 15) is 13.2 Å². The van der Waals surface area contributed by atoms with Crippen molar-refractivity contribution in [3.63, 3.8) is 0 Å². The van der Waals surface area contributed by atoms with Gasteiger partial charge >= 0.3 is 5.97 Å². The second-order valence-corrected chi connectivity index (χ2v) is 6.49. The van der Waals surface area contributed by atoms with E-state index in [4.69, 9.17) is 5.11 Å². The van der Waals surface area contributed by atoms with Crippen molar-refractivity contribution in [3.8, 4) is 0 Å². The molecule has 16 heavy (non-hydrogen) atoms. The molecule has 0 unspecified atom stereocenters. The van der Waals surface area contributed by atoms with E-state index in [1.54, 1.807) is 18.2 Å². The van der Waals surface area contributed by atoms with E-state index in [2.05, 4.69) is 0 Å². The highest BCUT2D eigenvalue weighted by molar-refractivity contribution is 14.1. The van der Waals surface area contributed by atoms with Crippen molar-refractivity contribution in [2.45, 2.75) is 17.7 Å². The minimum atomic E-state index is -3.36. The number of sulfone groups is 1. The molecule has 1 aromatic carbocycles. The molecule has 0 amide bonds. The molecule has 0 fully saturated rings. The first-order valence-corrected chi connectivity index (χ1v) is 7.35. The Labute approximate surface area is 108 Å². The van der Waals surface area contributed by atoms with Gasteiger partial charge in [0.25, 0.3) is 0 Å². The van der Waals surface area contributed by atoms with Crippen molar-refractivity contribution < 1.29 is 18.3 Å². The van der Waals surface area contributed by atoms with E-state index in [1.165, 1.54) is 6.07 Å². The van der Waals surface area contributed by atoms with Crippen molar-refractivity contribution in [1.82, 2.24) is 0 Å². The number of carbonyl (C=O) groups is 1. The van der Waals surface area contributed by atoms with Crippen molar-refractivity contribution in [2.75, 3.05) is 5.75 Å². The molecule has 0 aliphatic carbocycles. The Bertz CT molecular complexity index is 481. The van der Waals surface area contributed by atoms with Crippen LogP contribution in [0.4, 0.5) is 0 Å². The van der Waals surface area contributed by atoms with Crippen LogP contribution >= 0.6 is 22.6 Å². The SMILES string of the molecule is O=C(O)CCCS(=O)(=O)c1ccccc1I. The second-order valence-electron chi connectivity index (χ2n) is 3.25. The summed E-state index contributed by atoms with van der Waals surface area (Å²) in [6.45, 7) is 0. The topological polar surface area (TPSA) is 71.4 Å². The third-order valence-corrected chi connectivity index (χ3v) is 5.13. The van der Waals surface area contributed by atoms with E-state index < -0.39 is 15.8 Å². The lowest BCUT2D eigenvalue weighted by molar-refractivity contribution is -0.137. The fraction of sp³-hybridized carbons (Fsp3) is 0.300. The Morgan fingerprint density at radius 1 is 1.31 bits per heavy atom. The Kier molecular flexibility index (Phi) is 4.72. The lowest BCUT2D eigenvalue weighted by Gasteiger charge is -2.05. The first-order chi connectivity index (χ1) is 7.43. The summed E-state index contributed by atoms with van der Waals surface area (Å²) in [7, 11) is -3.36. The van der Waals surface area contributed by atoms with Crippen LogP contribution in [0.3, 0.4) is 0 Å². The van der Waals surface area contributed by atoms with Gasteiger partial charge in [0.1, 0.15) is 0 Å². The number of carboxylic acids is 1. The molecule has 0 atom stereocenters. The van der Waals surface area contributed by atoms with Gasteiger partial charge in [-0.3, -0.25) is 4.79 Å². The molecule has 4 nitrogen and oxygen atoms in total. The molecule has 88 valence electrons. The monoisotopic (exact) mass is 354 g/mol. The van der Waals surface area contributed by atoms with E-state index in [1.807, 2.05) is 22.6 Å². The number of benzene rings is 1. The van der Waals surface area contributed by atoms with Crippen LogP contribution in [-0.2, 0) is 14.6 Å². The summed E-state index contributed by atoms with van der Waals surface area (Å²) in [6.07, 6.45) is 0.0191. The molecule has 0 spiro atoms. The molecule has 0 aliphatic heterocycles. The Balaban J connectivity index is 2.79. The summed E-state index contributed by atoms with van der Waals surface area (Å²) in [5.74, 6) is -1.10. The normalized spacial score (nSPS) is 11.3. The molecular weight excluding hydrogens is 343 g/mol. The highest BCUT2D eigenvalue weighted by Crippen LogP contribution is 2.19. The molecule has 0 radical (unpaired) electrons. The Hall–Kier alpha value is -0.630. The maximum Gasteiger partial charge on any atom is 0.303 e. The quantitative estimate of drug-likeness (QED) is 0.821. The third-order valence-electron chi connectivity index (χ3n) is 1.98. The van der Waals surface area contributed by atoms with Crippen LogP contribution in [0.2, 0.25) is 0 Å². The van der Waals surface area contributed by atoms with E-state index in [0.717, 1.165) is 0 Å². The van der Waals surface area contributed by atoms with Gasteiger partial charge in [0.2, 0.25) is 0 Å². The molecule has 0 aromatic heterocycles. The van der Waals surface area contributed by atoms with Gasteiger partial charge in [-0.15, -0.1) is 0 Å². The van der Waals surface area contributed by atoms with Crippen molar-refractivity contribution in [1.29, 1.82) is 0 Å². The van der Waals surface area contributed by atoms with Gasteiger partial charge in [-0.2, -0.15) is 0 Å². The van der Waals surface area contributed by atoms with Crippen LogP contribution in [0.15, 0.2) is 29.2 Å². The standard InChI is InChI=1S/C10H11IO4S/c11-8-4-1-2-5-9(8)16(14,15)7-3-6-10(12)13/h1-2,4-5H,3,6-7H2,(H,12,13). The second kappa shape index (κ2) is 5.62. The van der Waals surface area contributed by atoms with Gasteiger partial charge in [0.05, 0.1) is 10.6 Å². The van der Waals surface area contributed by atoms with Crippen LogP contribution in [0.5, 0.6) is 0 Å². The fourth-order valence-electron chi connectivity index (χ4n) is 1.22. The average Bonchev–Trinajstić information content (AvgIpc) is 2.17. The van der Waals surface area contributed by atoms with Gasteiger partial charge in [0.15, 0.2) is 9.84 Å². The smallest absolute Gasteiger partial charge is 0.303 e. The average molecular weight is 354 g/mol. The molecule has 0 aliphatic rings. The van der Waals surface area contributed by atoms with Gasteiger partial charge < -0.3 is 5.11 Å². The molecule has 1 aromatic rings. The zero-order chi connectivity index (χ0) is 12.2. The Morgan fingerprint density at radius 2 is 1.94 bits per heavy atom. The number of hydrogen-bond donors (Lipinski definition) is 1. The number of aliphatic carboxylic acids is 1. The minimum absolute atomic E-state index is 0.122. The Morgan fingerprint density at radius 3 is 2.50 bits per heavy atom. The highest BCUT2D eigenvalue weighted by atomic mass is 127. The number of carboxylic acid groups (broad SMARTS) is 1. The molecule has 1 rings (SSSR count). The molecule has 1 N–H and O–H groups in total. The first-order valence-electron chi connectivity index (χ1n) is 4.62. The highest BCUT2D eigenvalue weighted by Gasteiger charge is 2.17. The number of rotatable bonds is 5. The van der Waals surface area contributed by atoms with Crippen LogP contribution in [0, 0.1) is 3.57 Å². The summed E-state index contributed by atoms with van der Waals surface area (Å²) in [4.78, 5) is 10.6. The number of halogens is 1. The zero-order valence-electron chi connectivity index (χ0n) is 8.39. The van der Waals surface area contributed by atoms with E-state index >= 15 is 0 Å². The summed E-state index contributed by atoms with van der Waals surface area (Å²) in [5, 5.41) is 8.44. The maximum absolute atomic E-state index is 11.8. The summed E-state index contributed by atoms with van der Waals surface area (Å²) in [5.41, 5.74) is 0. The summed E-state index contributed by atoms with van der Waals surface area (Å²) >= 11 is 1.96. The van der Waals surface area contributed by atoms with Crippen molar-refractivity contribution >= 4 is 38.4 Å². The summed E-state index contributed by atoms with van der Waals surface area (Å²) in [6, 6.07) is 6.67. The predicted octanol–water partition coefficient (Wildman–Crippen LogP) is 1.93. The van der Waals surface area contributed by atoms with E-state index in [-0.39, 0.29) is 23.5 Å². The van der Waals surface area contributed by atoms with Crippen LogP contribution in [0.1, 0.15) is 12.8 Å². The van der Waals surface area contributed by atoms with Gasteiger partial charge in [0, 0.05) is 9.99 Å². The zero-order valence-corrected chi connectivity index (χ0v) is 11.4. The van der Waals surface area contributed by atoms with Gasteiger partial charge in [-0.25, -0.2) is 8.42 Å². The largest absolute Gasteiger partial charge is 0.481 e. The molecular formula is C10H11IO4S. The predicted molar refractivity (Wildman–Crippen MR) is 68.1 cm³/mol. The van der Waals surface area contributed by atoms with Gasteiger partial charge in [-0.05, 0) is 41.1 Å². The third kappa shape index (κ3) is 3.75. The minimum Gasteiger partial charge on any atom is -0.481 e. The molecule has 0 saturated carbocycles. The van der Waals surface area contributed by atoms with Crippen molar-refractivity contribution in [3.05, 3.63) is 27.8 Å². The lowest BCUT2D eigenvalue weighted by atomic mass is 10.3. The number of hydrogen-bond acceptors (Lipinski definition) is 3. The fourth-order valence-corrected chi connectivity index (χ4v) is 4.01. The molecule has 0 bridgehead atoms. The first kappa shape index (κ1) is 13.4. The molecule has 0 heterocycles.